The Morgan fingerprint density at radius 1 is 1.00 bits per heavy atom. The number of nitrogens with zero attached hydrogens (tertiary/aromatic N) is 6. The third kappa shape index (κ3) is 5.16. The number of anilines is 1. The van der Waals surface area contributed by atoms with Crippen molar-refractivity contribution in [1.29, 1.82) is 0 Å². The Morgan fingerprint density at radius 3 is 2.17 bits per heavy atom. The van der Waals surface area contributed by atoms with Crippen LogP contribution in [0.3, 0.4) is 0 Å². The topological polar surface area (TPSA) is 79.9 Å². The van der Waals surface area contributed by atoms with E-state index in [9.17, 15) is 10.1 Å². The summed E-state index contributed by atoms with van der Waals surface area (Å²) >= 11 is 0. The molecule has 9 nitrogen and oxygen atoms in total. The Balaban J connectivity index is 1.11. The first kappa shape index (κ1) is 23.3. The van der Waals surface area contributed by atoms with Gasteiger partial charge in [-0.05, 0) is 40.7 Å². The van der Waals surface area contributed by atoms with Crippen molar-refractivity contribution in [2.24, 2.45) is 0 Å². The van der Waals surface area contributed by atoms with Gasteiger partial charge in [0.1, 0.15) is 11.8 Å². The molecule has 1 aromatic heterocycles. The van der Waals surface area contributed by atoms with Crippen LogP contribution in [0.4, 0.5) is 11.5 Å². The zero-order valence-corrected chi connectivity index (χ0v) is 20.6. The van der Waals surface area contributed by atoms with Crippen molar-refractivity contribution in [3.63, 3.8) is 0 Å². The highest BCUT2D eigenvalue weighted by Gasteiger charge is 2.41. The first-order valence-corrected chi connectivity index (χ1v) is 12.0. The summed E-state index contributed by atoms with van der Waals surface area (Å²) in [5.41, 5.74) is 4.58. The fraction of sp³-hybridized carbons (Fsp3) is 0.423. The summed E-state index contributed by atoms with van der Waals surface area (Å²) < 4.78 is 7.75. The molecule has 0 bridgehead atoms. The molecule has 35 heavy (non-hydrogen) atoms. The van der Waals surface area contributed by atoms with Crippen LogP contribution in [0.2, 0.25) is 0 Å². The number of rotatable bonds is 7. The van der Waals surface area contributed by atoms with Crippen LogP contribution in [0, 0.1) is 10.1 Å². The summed E-state index contributed by atoms with van der Waals surface area (Å²) in [6, 6.07) is 17.9. The molecule has 0 saturated carbocycles. The second-order valence-electron chi connectivity index (χ2n) is 10.0. The van der Waals surface area contributed by atoms with Gasteiger partial charge in [-0.25, -0.2) is 0 Å². The Hall–Kier alpha value is -3.43. The normalized spacial score (nSPS) is 20.4. The SMILES string of the molecule is CN(C)c1ccc(-c2ccc(CN3CCN(CC4(C)Cn5cc([N+](=O)[O-])nc5O4)CC3)cc2)cc1. The zero-order valence-electron chi connectivity index (χ0n) is 20.6. The number of fused-ring (bicyclic) bond motifs is 1. The number of ether oxygens (including phenoxy) is 1. The monoisotopic (exact) mass is 476 g/mol. The van der Waals surface area contributed by atoms with Crippen LogP contribution >= 0.6 is 0 Å². The molecule has 0 N–H and O–H groups in total. The van der Waals surface area contributed by atoms with Gasteiger partial charge < -0.3 is 19.8 Å². The molecular weight excluding hydrogens is 444 g/mol. The molecule has 0 radical (unpaired) electrons. The molecule has 3 aromatic rings. The average molecular weight is 477 g/mol. The number of benzene rings is 2. The van der Waals surface area contributed by atoms with Gasteiger partial charge in [-0.1, -0.05) is 36.4 Å². The van der Waals surface area contributed by atoms with Gasteiger partial charge in [0.05, 0.1) is 6.54 Å². The molecular formula is C26H32N6O3. The lowest BCUT2D eigenvalue weighted by Crippen LogP contribution is -2.52. The van der Waals surface area contributed by atoms with E-state index in [1.165, 1.54) is 28.6 Å². The number of hydrogen-bond acceptors (Lipinski definition) is 7. The van der Waals surface area contributed by atoms with E-state index < -0.39 is 10.5 Å². The molecule has 2 aromatic carbocycles. The van der Waals surface area contributed by atoms with Crippen molar-refractivity contribution in [2.75, 3.05) is 51.7 Å². The predicted molar refractivity (Wildman–Crippen MR) is 136 cm³/mol. The Bertz CT molecular complexity index is 1160. The summed E-state index contributed by atoms with van der Waals surface area (Å²) in [6.45, 7) is 8.29. The van der Waals surface area contributed by atoms with Gasteiger partial charge in [-0.3, -0.25) is 14.4 Å². The van der Waals surface area contributed by atoms with E-state index in [1.807, 2.05) is 0 Å². The molecule has 2 aliphatic heterocycles. The van der Waals surface area contributed by atoms with Crippen LogP contribution in [0.15, 0.2) is 54.7 Å². The van der Waals surface area contributed by atoms with E-state index in [4.69, 9.17) is 4.74 Å². The maximum atomic E-state index is 10.9. The minimum Gasteiger partial charge on any atom is -0.436 e. The summed E-state index contributed by atoms with van der Waals surface area (Å²) in [4.78, 5) is 21.4. The number of hydrogen-bond donors (Lipinski definition) is 0. The van der Waals surface area contributed by atoms with Gasteiger partial charge in [0.25, 0.3) is 0 Å². The van der Waals surface area contributed by atoms with Crippen molar-refractivity contribution >= 4 is 11.5 Å². The highest BCUT2D eigenvalue weighted by Crippen LogP contribution is 2.31. The highest BCUT2D eigenvalue weighted by atomic mass is 16.6. The molecule has 1 unspecified atom stereocenters. The van der Waals surface area contributed by atoms with E-state index in [0.717, 1.165) is 39.3 Å². The van der Waals surface area contributed by atoms with E-state index in [1.54, 1.807) is 4.57 Å². The minimum atomic E-state index is -0.485. The standard InChI is InChI=1S/C26H32N6O3/c1-26(19-31-17-24(32(33)34)27-25(31)35-26)18-30-14-12-29(13-15-30)16-20-4-6-21(7-5-20)22-8-10-23(11-9-22)28(2)3/h4-11,17H,12-16,18-19H2,1-3H3. The summed E-state index contributed by atoms with van der Waals surface area (Å²) in [6.07, 6.45) is 1.46. The van der Waals surface area contributed by atoms with Crippen molar-refractivity contribution in [2.45, 2.75) is 25.6 Å². The van der Waals surface area contributed by atoms with Crippen LogP contribution in [0.25, 0.3) is 11.1 Å². The smallest absolute Gasteiger partial charge is 0.415 e. The van der Waals surface area contributed by atoms with Crippen LogP contribution < -0.4 is 9.64 Å². The maximum absolute atomic E-state index is 10.9. The van der Waals surface area contributed by atoms with Gasteiger partial charge in [-0.15, -0.1) is 0 Å². The Kier molecular flexibility index (Phi) is 6.21. The first-order chi connectivity index (χ1) is 16.8. The average Bonchev–Trinajstić information content (AvgIpc) is 3.36. The van der Waals surface area contributed by atoms with E-state index in [0.29, 0.717) is 12.6 Å². The molecule has 3 heterocycles. The van der Waals surface area contributed by atoms with Crippen molar-refractivity contribution < 1.29 is 9.66 Å². The lowest BCUT2D eigenvalue weighted by Gasteiger charge is -2.38. The van der Waals surface area contributed by atoms with Crippen molar-refractivity contribution in [3.8, 4) is 17.1 Å². The molecule has 184 valence electrons. The number of imidazole rings is 1. The van der Waals surface area contributed by atoms with Gasteiger partial charge >= 0.3 is 11.8 Å². The third-order valence-corrected chi connectivity index (χ3v) is 6.86. The second-order valence-corrected chi connectivity index (χ2v) is 10.0. The Morgan fingerprint density at radius 2 is 1.60 bits per heavy atom. The fourth-order valence-electron chi connectivity index (χ4n) is 4.96. The highest BCUT2D eigenvalue weighted by molar-refractivity contribution is 5.66. The fourth-order valence-corrected chi connectivity index (χ4v) is 4.96. The van der Waals surface area contributed by atoms with Gasteiger partial charge in [-0.2, -0.15) is 0 Å². The molecule has 1 fully saturated rings. The summed E-state index contributed by atoms with van der Waals surface area (Å²) in [5.74, 6) is -0.161. The summed E-state index contributed by atoms with van der Waals surface area (Å²) in [5, 5.41) is 10.9. The van der Waals surface area contributed by atoms with Crippen LogP contribution in [0.1, 0.15) is 12.5 Å². The van der Waals surface area contributed by atoms with Crippen molar-refractivity contribution in [3.05, 3.63) is 70.4 Å². The zero-order chi connectivity index (χ0) is 24.6. The number of nitro groups is 1. The predicted octanol–water partition coefficient (Wildman–Crippen LogP) is 3.49. The van der Waals surface area contributed by atoms with Crippen LogP contribution in [0.5, 0.6) is 6.01 Å². The quantitative estimate of drug-likeness (QED) is 0.381. The number of aromatic nitrogens is 2. The number of piperazine rings is 1. The molecule has 0 amide bonds. The minimum absolute atomic E-state index is 0.161. The van der Waals surface area contributed by atoms with Gasteiger partial charge in [0.15, 0.2) is 0 Å². The van der Waals surface area contributed by atoms with E-state index in [2.05, 4.69) is 89.2 Å². The van der Waals surface area contributed by atoms with Crippen molar-refractivity contribution in [1.82, 2.24) is 19.4 Å². The molecule has 2 aliphatic rings. The van der Waals surface area contributed by atoms with E-state index in [-0.39, 0.29) is 5.82 Å². The molecule has 9 heteroatoms. The molecule has 0 spiro atoms. The van der Waals surface area contributed by atoms with Crippen LogP contribution in [-0.2, 0) is 13.1 Å². The molecule has 1 saturated heterocycles. The van der Waals surface area contributed by atoms with Gasteiger partial charge in [0.2, 0.25) is 0 Å². The first-order valence-electron chi connectivity index (χ1n) is 12.0. The van der Waals surface area contributed by atoms with Gasteiger partial charge in [0, 0.05) is 64.0 Å². The third-order valence-electron chi connectivity index (χ3n) is 6.86. The molecule has 1 atom stereocenters. The largest absolute Gasteiger partial charge is 0.436 e. The maximum Gasteiger partial charge on any atom is 0.415 e. The molecule has 0 aliphatic carbocycles. The van der Waals surface area contributed by atoms with E-state index >= 15 is 0 Å². The summed E-state index contributed by atoms with van der Waals surface area (Å²) in [7, 11) is 4.11. The van der Waals surface area contributed by atoms with Crippen LogP contribution in [-0.4, -0.2) is 76.7 Å². The second kappa shape index (κ2) is 9.31. The lowest BCUT2D eigenvalue weighted by molar-refractivity contribution is -0.389. The molecule has 5 rings (SSSR count). The Labute approximate surface area is 205 Å². The lowest BCUT2D eigenvalue weighted by atomic mass is 10.0.